The summed E-state index contributed by atoms with van der Waals surface area (Å²) in [6, 6.07) is 6.23. The molecule has 1 amide bonds. The summed E-state index contributed by atoms with van der Waals surface area (Å²) in [5.41, 5.74) is 3.48. The number of aromatic nitrogens is 3. The minimum absolute atomic E-state index is 0.118. The average molecular weight is 332 g/mol. The highest BCUT2D eigenvalue weighted by Gasteiger charge is 2.18. The van der Waals surface area contributed by atoms with Crippen molar-refractivity contribution in [3.05, 3.63) is 35.7 Å². The van der Waals surface area contributed by atoms with Crippen LogP contribution < -0.4 is 0 Å². The lowest BCUT2D eigenvalue weighted by Crippen LogP contribution is -2.41. The number of rotatable bonds is 4. The summed E-state index contributed by atoms with van der Waals surface area (Å²) in [5, 5.41) is 8.86. The Labute approximate surface area is 139 Å². The average Bonchev–Trinajstić information content (AvgIpc) is 3.04. The van der Waals surface area contributed by atoms with Gasteiger partial charge in [-0.3, -0.25) is 9.36 Å². The van der Waals surface area contributed by atoms with Crippen molar-refractivity contribution in [1.29, 1.82) is 0 Å². The van der Waals surface area contributed by atoms with E-state index in [0.717, 1.165) is 10.8 Å². The topological polar surface area (TPSA) is 60.2 Å². The lowest BCUT2D eigenvalue weighted by Gasteiger charge is -2.26. The van der Waals surface area contributed by atoms with Crippen molar-refractivity contribution in [2.24, 2.45) is 0 Å². The van der Waals surface area contributed by atoms with E-state index in [2.05, 4.69) is 36.2 Å². The number of nitrogens with zero attached hydrogens (tertiary/aromatic N) is 4. The second-order valence-electron chi connectivity index (χ2n) is 5.53. The summed E-state index contributed by atoms with van der Waals surface area (Å²) in [7, 11) is 0. The summed E-state index contributed by atoms with van der Waals surface area (Å²) in [6.07, 6.45) is 1.69. The van der Waals surface area contributed by atoms with Gasteiger partial charge in [-0.15, -0.1) is 10.2 Å². The maximum atomic E-state index is 12.2. The molecule has 0 aliphatic carbocycles. The Morgan fingerprint density at radius 1 is 1.26 bits per heavy atom. The summed E-state index contributed by atoms with van der Waals surface area (Å²) in [4.78, 5) is 14.1. The van der Waals surface area contributed by atoms with Crippen LogP contribution in [0.4, 0.5) is 0 Å². The van der Waals surface area contributed by atoms with Gasteiger partial charge in [0.1, 0.15) is 6.33 Å². The van der Waals surface area contributed by atoms with Gasteiger partial charge in [0, 0.05) is 18.8 Å². The van der Waals surface area contributed by atoms with Gasteiger partial charge in [-0.1, -0.05) is 17.8 Å². The third-order valence-electron chi connectivity index (χ3n) is 3.97. The van der Waals surface area contributed by atoms with E-state index < -0.39 is 0 Å². The maximum Gasteiger partial charge on any atom is 0.233 e. The van der Waals surface area contributed by atoms with E-state index in [0.29, 0.717) is 32.1 Å². The van der Waals surface area contributed by atoms with Gasteiger partial charge in [0.15, 0.2) is 5.16 Å². The number of hydrogen-bond donors (Lipinski definition) is 0. The predicted molar refractivity (Wildman–Crippen MR) is 89.0 cm³/mol. The Morgan fingerprint density at radius 3 is 2.78 bits per heavy atom. The molecule has 0 atom stereocenters. The smallest absolute Gasteiger partial charge is 0.233 e. The molecule has 3 rings (SSSR count). The van der Waals surface area contributed by atoms with E-state index in [-0.39, 0.29) is 5.91 Å². The predicted octanol–water partition coefficient (Wildman–Crippen LogP) is 1.84. The Kier molecular flexibility index (Phi) is 4.97. The first-order valence-corrected chi connectivity index (χ1v) is 8.59. The van der Waals surface area contributed by atoms with Crippen molar-refractivity contribution in [1.82, 2.24) is 19.7 Å². The van der Waals surface area contributed by atoms with Crippen LogP contribution in [0, 0.1) is 13.8 Å². The van der Waals surface area contributed by atoms with Crippen molar-refractivity contribution in [3.8, 4) is 5.69 Å². The second-order valence-corrected chi connectivity index (χ2v) is 6.48. The molecule has 0 spiro atoms. The number of aryl methyl sites for hydroxylation is 2. The monoisotopic (exact) mass is 332 g/mol. The van der Waals surface area contributed by atoms with Crippen molar-refractivity contribution in [2.75, 3.05) is 32.1 Å². The fraction of sp³-hybridized carbons (Fsp3) is 0.438. The number of thioether (sulfide) groups is 1. The van der Waals surface area contributed by atoms with Gasteiger partial charge in [0.05, 0.1) is 19.0 Å². The van der Waals surface area contributed by atoms with Crippen LogP contribution in [0.25, 0.3) is 5.69 Å². The van der Waals surface area contributed by atoms with Gasteiger partial charge in [-0.25, -0.2) is 0 Å². The van der Waals surface area contributed by atoms with E-state index in [1.165, 1.54) is 22.9 Å². The molecule has 1 fully saturated rings. The van der Waals surface area contributed by atoms with Crippen LogP contribution in [0.3, 0.4) is 0 Å². The van der Waals surface area contributed by atoms with Crippen LogP contribution >= 0.6 is 11.8 Å². The molecule has 1 aromatic carbocycles. The van der Waals surface area contributed by atoms with Crippen molar-refractivity contribution in [3.63, 3.8) is 0 Å². The molecule has 1 aromatic heterocycles. The van der Waals surface area contributed by atoms with Gasteiger partial charge in [-0.2, -0.15) is 0 Å². The lowest BCUT2D eigenvalue weighted by atomic mass is 10.1. The zero-order chi connectivity index (χ0) is 16.2. The van der Waals surface area contributed by atoms with Crippen LogP contribution in [0.1, 0.15) is 11.1 Å². The third kappa shape index (κ3) is 3.73. The first-order chi connectivity index (χ1) is 11.1. The lowest BCUT2D eigenvalue weighted by molar-refractivity contribution is -0.132. The number of hydrogen-bond acceptors (Lipinski definition) is 5. The molecule has 0 radical (unpaired) electrons. The molecule has 1 saturated heterocycles. The van der Waals surface area contributed by atoms with E-state index >= 15 is 0 Å². The molecule has 0 saturated carbocycles. The van der Waals surface area contributed by atoms with E-state index in [1.807, 2.05) is 15.5 Å². The van der Waals surface area contributed by atoms with Gasteiger partial charge in [0.25, 0.3) is 0 Å². The molecule has 2 heterocycles. The number of carbonyl (C=O) groups excluding carboxylic acids is 1. The normalized spacial score (nSPS) is 15.0. The summed E-state index contributed by atoms with van der Waals surface area (Å²) < 4.78 is 7.19. The molecule has 7 heteroatoms. The Morgan fingerprint density at radius 2 is 2.04 bits per heavy atom. The van der Waals surface area contributed by atoms with Crippen molar-refractivity contribution in [2.45, 2.75) is 19.0 Å². The number of carbonyl (C=O) groups is 1. The molecule has 1 aliphatic heterocycles. The number of morpholine rings is 1. The van der Waals surface area contributed by atoms with E-state index in [4.69, 9.17) is 4.74 Å². The Balaban J connectivity index is 1.68. The first kappa shape index (κ1) is 16.0. The summed E-state index contributed by atoms with van der Waals surface area (Å²) >= 11 is 1.42. The minimum atomic E-state index is 0.118. The third-order valence-corrected chi connectivity index (χ3v) is 4.90. The first-order valence-electron chi connectivity index (χ1n) is 7.61. The standard InChI is InChI=1S/C16H20N4O2S/c1-12-3-4-14(9-13(12)2)20-11-17-18-16(20)23-10-15(21)19-5-7-22-8-6-19/h3-4,9,11H,5-8,10H2,1-2H3. The highest BCUT2D eigenvalue weighted by molar-refractivity contribution is 7.99. The number of ether oxygens (including phenoxy) is 1. The van der Waals surface area contributed by atoms with Crippen LogP contribution in [0.15, 0.2) is 29.7 Å². The molecular weight excluding hydrogens is 312 g/mol. The zero-order valence-corrected chi connectivity index (χ0v) is 14.2. The highest BCUT2D eigenvalue weighted by atomic mass is 32.2. The quantitative estimate of drug-likeness (QED) is 0.800. The molecule has 6 nitrogen and oxygen atoms in total. The van der Waals surface area contributed by atoms with Gasteiger partial charge >= 0.3 is 0 Å². The fourth-order valence-electron chi connectivity index (χ4n) is 2.41. The molecule has 122 valence electrons. The Bertz CT molecular complexity index is 695. The number of amides is 1. The highest BCUT2D eigenvalue weighted by Crippen LogP contribution is 2.21. The maximum absolute atomic E-state index is 12.2. The molecule has 23 heavy (non-hydrogen) atoms. The van der Waals surface area contributed by atoms with Gasteiger partial charge in [0.2, 0.25) is 5.91 Å². The van der Waals surface area contributed by atoms with Gasteiger partial charge < -0.3 is 9.64 Å². The SMILES string of the molecule is Cc1ccc(-n2cnnc2SCC(=O)N2CCOCC2)cc1C. The second kappa shape index (κ2) is 7.14. The largest absolute Gasteiger partial charge is 0.378 e. The van der Waals surface area contributed by atoms with E-state index in [9.17, 15) is 4.79 Å². The molecular formula is C16H20N4O2S. The molecule has 0 bridgehead atoms. The van der Waals surface area contributed by atoms with Crippen molar-refractivity contribution < 1.29 is 9.53 Å². The summed E-state index contributed by atoms with van der Waals surface area (Å²) in [6.45, 7) is 6.75. The van der Waals surface area contributed by atoms with Crippen LogP contribution in [0.2, 0.25) is 0 Å². The molecule has 0 N–H and O–H groups in total. The zero-order valence-electron chi connectivity index (χ0n) is 13.4. The number of benzene rings is 1. The molecule has 1 aliphatic rings. The van der Waals surface area contributed by atoms with Crippen LogP contribution in [-0.2, 0) is 9.53 Å². The van der Waals surface area contributed by atoms with Crippen LogP contribution in [0.5, 0.6) is 0 Å². The minimum Gasteiger partial charge on any atom is -0.378 e. The van der Waals surface area contributed by atoms with Crippen LogP contribution in [-0.4, -0.2) is 57.6 Å². The summed E-state index contributed by atoms with van der Waals surface area (Å²) in [5.74, 6) is 0.483. The van der Waals surface area contributed by atoms with Crippen molar-refractivity contribution >= 4 is 17.7 Å². The van der Waals surface area contributed by atoms with Gasteiger partial charge in [-0.05, 0) is 37.1 Å². The van der Waals surface area contributed by atoms with E-state index in [1.54, 1.807) is 6.33 Å². The Hall–Kier alpha value is -1.86. The molecule has 0 unspecified atom stereocenters. The molecule has 2 aromatic rings. The fourth-order valence-corrected chi connectivity index (χ4v) is 3.24.